The quantitative estimate of drug-likeness (QED) is 0.859. The SMILES string of the molecule is O=C(NC1CCNCC1)c1ccc(Br)o1. The highest BCUT2D eigenvalue weighted by molar-refractivity contribution is 9.10. The van der Waals surface area contributed by atoms with E-state index in [9.17, 15) is 4.79 Å². The third-order valence-corrected chi connectivity index (χ3v) is 2.90. The van der Waals surface area contributed by atoms with E-state index in [1.807, 2.05) is 0 Å². The van der Waals surface area contributed by atoms with E-state index >= 15 is 0 Å². The molecule has 0 saturated carbocycles. The fraction of sp³-hybridized carbons (Fsp3) is 0.500. The fourth-order valence-electron chi connectivity index (χ4n) is 1.66. The summed E-state index contributed by atoms with van der Waals surface area (Å²) in [4.78, 5) is 11.7. The van der Waals surface area contributed by atoms with Crippen LogP contribution >= 0.6 is 15.9 Å². The molecule has 0 aromatic carbocycles. The second-order valence-corrected chi connectivity index (χ2v) is 4.38. The zero-order valence-corrected chi connectivity index (χ0v) is 9.84. The lowest BCUT2D eigenvalue weighted by Crippen LogP contribution is -2.42. The first-order valence-corrected chi connectivity index (χ1v) is 5.82. The van der Waals surface area contributed by atoms with Crippen molar-refractivity contribution in [3.63, 3.8) is 0 Å². The molecule has 1 aliphatic rings. The van der Waals surface area contributed by atoms with Crippen LogP contribution in [0, 0.1) is 0 Å². The van der Waals surface area contributed by atoms with Crippen molar-refractivity contribution in [3.8, 4) is 0 Å². The molecule has 0 spiro atoms. The first-order chi connectivity index (χ1) is 7.25. The van der Waals surface area contributed by atoms with Crippen LogP contribution in [0.2, 0.25) is 0 Å². The molecule has 2 rings (SSSR count). The summed E-state index contributed by atoms with van der Waals surface area (Å²) in [6.45, 7) is 1.93. The molecule has 15 heavy (non-hydrogen) atoms. The molecule has 82 valence electrons. The lowest BCUT2D eigenvalue weighted by atomic mass is 10.1. The average Bonchev–Trinajstić information content (AvgIpc) is 2.66. The summed E-state index contributed by atoms with van der Waals surface area (Å²) in [7, 11) is 0. The molecule has 4 nitrogen and oxygen atoms in total. The normalized spacial score (nSPS) is 17.7. The molecule has 5 heteroatoms. The zero-order chi connectivity index (χ0) is 10.7. The molecule has 0 atom stereocenters. The van der Waals surface area contributed by atoms with E-state index in [1.54, 1.807) is 12.1 Å². The molecule has 2 N–H and O–H groups in total. The molecule has 1 aliphatic heterocycles. The number of halogens is 1. The number of piperidine rings is 1. The van der Waals surface area contributed by atoms with Gasteiger partial charge in [-0.05, 0) is 54.0 Å². The lowest BCUT2D eigenvalue weighted by Gasteiger charge is -2.23. The lowest BCUT2D eigenvalue weighted by molar-refractivity contribution is 0.0900. The third-order valence-electron chi connectivity index (χ3n) is 2.47. The van der Waals surface area contributed by atoms with Gasteiger partial charge in [-0.15, -0.1) is 0 Å². The number of amides is 1. The molecule has 0 radical (unpaired) electrons. The predicted octanol–water partition coefficient (Wildman–Crippen LogP) is 1.52. The van der Waals surface area contributed by atoms with E-state index in [-0.39, 0.29) is 11.9 Å². The largest absolute Gasteiger partial charge is 0.444 e. The summed E-state index contributed by atoms with van der Waals surface area (Å²) in [5, 5.41) is 6.20. The highest BCUT2D eigenvalue weighted by Crippen LogP contribution is 2.14. The first-order valence-electron chi connectivity index (χ1n) is 5.02. The first kappa shape index (κ1) is 10.7. The fourth-order valence-corrected chi connectivity index (χ4v) is 1.97. The van der Waals surface area contributed by atoms with Gasteiger partial charge in [0.25, 0.3) is 5.91 Å². The zero-order valence-electron chi connectivity index (χ0n) is 8.25. The predicted molar refractivity (Wildman–Crippen MR) is 59.8 cm³/mol. The Kier molecular flexibility index (Phi) is 3.43. The van der Waals surface area contributed by atoms with Crippen LogP contribution in [0.3, 0.4) is 0 Å². The van der Waals surface area contributed by atoms with Gasteiger partial charge in [0, 0.05) is 6.04 Å². The highest BCUT2D eigenvalue weighted by atomic mass is 79.9. The number of carbonyl (C=O) groups excluding carboxylic acids is 1. The molecule has 1 aromatic rings. The Morgan fingerprint density at radius 1 is 1.47 bits per heavy atom. The van der Waals surface area contributed by atoms with E-state index in [0.717, 1.165) is 25.9 Å². The minimum Gasteiger partial charge on any atom is -0.444 e. The van der Waals surface area contributed by atoms with E-state index < -0.39 is 0 Å². The number of furan rings is 1. The van der Waals surface area contributed by atoms with Crippen LogP contribution < -0.4 is 10.6 Å². The molecule has 0 bridgehead atoms. The summed E-state index contributed by atoms with van der Waals surface area (Å²) in [6.07, 6.45) is 1.96. The van der Waals surface area contributed by atoms with Crippen LogP contribution in [0.5, 0.6) is 0 Å². The minimum atomic E-state index is -0.132. The Balaban J connectivity index is 1.91. The van der Waals surface area contributed by atoms with Crippen molar-refractivity contribution < 1.29 is 9.21 Å². The summed E-state index contributed by atoms with van der Waals surface area (Å²) in [5.41, 5.74) is 0. The Hall–Kier alpha value is -0.810. The number of hydrogen-bond donors (Lipinski definition) is 2. The average molecular weight is 273 g/mol. The number of carbonyl (C=O) groups is 1. The van der Waals surface area contributed by atoms with Crippen molar-refractivity contribution in [2.45, 2.75) is 18.9 Å². The smallest absolute Gasteiger partial charge is 0.287 e. The molecular weight excluding hydrogens is 260 g/mol. The molecule has 1 saturated heterocycles. The summed E-state index contributed by atoms with van der Waals surface area (Å²) >= 11 is 3.17. The number of hydrogen-bond acceptors (Lipinski definition) is 3. The van der Waals surface area contributed by atoms with Crippen LogP contribution in [0.25, 0.3) is 0 Å². The Morgan fingerprint density at radius 3 is 2.80 bits per heavy atom. The maximum atomic E-state index is 11.7. The second-order valence-electron chi connectivity index (χ2n) is 3.60. The molecule has 0 unspecified atom stereocenters. The number of rotatable bonds is 2. The van der Waals surface area contributed by atoms with E-state index in [0.29, 0.717) is 10.4 Å². The van der Waals surface area contributed by atoms with Gasteiger partial charge in [-0.25, -0.2) is 0 Å². The van der Waals surface area contributed by atoms with Crippen molar-refractivity contribution in [1.82, 2.24) is 10.6 Å². The summed E-state index contributed by atoms with van der Waals surface area (Å²) < 4.78 is 5.76. The van der Waals surface area contributed by atoms with Gasteiger partial charge in [-0.1, -0.05) is 0 Å². The van der Waals surface area contributed by atoms with Gasteiger partial charge in [-0.2, -0.15) is 0 Å². The topological polar surface area (TPSA) is 54.3 Å². The molecular formula is C10H13BrN2O2. The minimum absolute atomic E-state index is 0.132. The second kappa shape index (κ2) is 4.81. The molecule has 2 heterocycles. The van der Waals surface area contributed by atoms with Crippen LogP contribution in [0.1, 0.15) is 23.4 Å². The monoisotopic (exact) mass is 272 g/mol. The number of nitrogens with one attached hydrogen (secondary N) is 2. The van der Waals surface area contributed by atoms with Crippen molar-refractivity contribution in [2.24, 2.45) is 0 Å². The van der Waals surface area contributed by atoms with Crippen LogP contribution in [-0.2, 0) is 0 Å². The van der Waals surface area contributed by atoms with Gasteiger partial charge in [-0.3, -0.25) is 4.79 Å². The van der Waals surface area contributed by atoms with Gasteiger partial charge in [0.05, 0.1) is 0 Å². The van der Waals surface area contributed by atoms with Gasteiger partial charge in [0.1, 0.15) is 0 Å². The maximum Gasteiger partial charge on any atom is 0.287 e. The maximum absolute atomic E-state index is 11.7. The summed E-state index contributed by atoms with van der Waals surface area (Å²) in [5.74, 6) is 0.230. The van der Waals surface area contributed by atoms with Crippen molar-refractivity contribution >= 4 is 21.8 Å². The Labute approximate surface area is 96.5 Å². The molecule has 1 fully saturated rings. The standard InChI is InChI=1S/C10H13BrN2O2/c11-9-2-1-8(15-9)10(14)13-7-3-5-12-6-4-7/h1-2,7,12H,3-6H2,(H,13,14). The molecule has 1 aromatic heterocycles. The molecule has 0 aliphatic carbocycles. The van der Waals surface area contributed by atoms with Crippen molar-refractivity contribution in [2.75, 3.05) is 13.1 Å². The van der Waals surface area contributed by atoms with Crippen LogP contribution in [0.4, 0.5) is 0 Å². The van der Waals surface area contributed by atoms with Gasteiger partial charge in [0.15, 0.2) is 10.4 Å². The van der Waals surface area contributed by atoms with Crippen LogP contribution in [0.15, 0.2) is 21.2 Å². The third kappa shape index (κ3) is 2.82. The summed E-state index contributed by atoms with van der Waals surface area (Å²) in [6, 6.07) is 3.65. The van der Waals surface area contributed by atoms with E-state index in [1.165, 1.54) is 0 Å². The van der Waals surface area contributed by atoms with E-state index in [2.05, 4.69) is 26.6 Å². The highest BCUT2D eigenvalue weighted by Gasteiger charge is 2.18. The van der Waals surface area contributed by atoms with E-state index in [4.69, 9.17) is 4.42 Å². The molecule has 1 amide bonds. The van der Waals surface area contributed by atoms with Crippen molar-refractivity contribution in [1.29, 1.82) is 0 Å². The Morgan fingerprint density at radius 2 is 2.20 bits per heavy atom. The Bertz CT molecular complexity index is 345. The van der Waals surface area contributed by atoms with Crippen molar-refractivity contribution in [3.05, 3.63) is 22.6 Å². The van der Waals surface area contributed by atoms with Gasteiger partial charge >= 0.3 is 0 Å². The van der Waals surface area contributed by atoms with Gasteiger partial charge in [0.2, 0.25) is 0 Å². The van der Waals surface area contributed by atoms with Gasteiger partial charge < -0.3 is 15.1 Å². The van der Waals surface area contributed by atoms with Crippen LogP contribution in [-0.4, -0.2) is 25.0 Å².